The van der Waals surface area contributed by atoms with Crippen LogP contribution in [0.15, 0.2) is 29.3 Å². The molecule has 1 aromatic rings. The molecule has 24 heavy (non-hydrogen) atoms. The van der Waals surface area contributed by atoms with Gasteiger partial charge in [-0.25, -0.2) is 9.38 Å². The molecule has 2 heterocycles. The standard InChI is InChI=1S/C18H27FN4O/c1-2-20-18(21-10-14-5-7-15(19)8-6-14)22-11-17-12-23-9-3-4-16(23)13-24-17/h5-8,16-17H,2-4,9-13H2,1H3,(H2,20,21,22). The van der Waals surface area contributed by atoms with E-state index in [9.17, 15) is 4.39 Å². The predicted molar refractivity (Wildman–Crippen MR) is 93.6 cm³/mol. The fourth-order valence-electron chi connectivity index (χ4n) is 3.32. The Morgan fingerprint density at radius 1 is 1.33 bits per heavy atom. The van der Waals surface area contributed by atoms with Gasteiger partial charge in [-0.3, -0.25) is 4.90 Å². The van der Waals surface area contributed by atoms with Gasteiger partial charge in [-0.2, -0.15) is 0 Å². The summed E-state index contributed by atoms with van der Waals surface area (Å²) < 4.78 is 18.9. The summed E-state index contributed by atoms with van der Waals surface area (Å²) in [6, 6.07) is 7.09. The number of guanidine groups is 1. The van der Waals surface area contributed by atoms with E-state index in [1.54, 1.807) is 12.1 Å². The van der Waals surface area contributed by atoms with Crippen molar-refractivity contribution in [3.8, 4) is 0 Å². The van der Waals surface area contributed by atoms with Gasteiger partial charge in [-0.1, -0.05) is 12.1 Å². The average Bonchev–Trinajstić information content (AvgIpc) is 3.06. The zero-order valence-electron chi connectivity index (χ0n) is 14.3. The van der Waals surface area contributed by atoms with E-state index in [1.165, 1.54) is 31.5 Å². The highest BCUT2D eigenvalue weighted by molar-refractivity contribution is 5.79. The van der Waals surface area contributed by atoms with Crippen LogP contribution in [-0.2, 0) is 11.3 Å². The molecule has 2 saturated heterocycles. The van der Waals surface area contributed by atoms with E-state index in [0.29, 0.717) is 12.6 Å². The number of nitrogens with one attached hydrogen (secondary N) is 2. The molecule has 6 heteroatoms. The van der Waals surface area contributed by atoms with E-state index < -0.39 is 0 Å². The zero-order chi connectivity index (χ0) is 16.8. The van der Waals surface area contributed by atoms with E-state index in [2.05, 4.69) is 20.5 Å². The highest BCUT2D eigenvalue weighted by Crippen LogP contribution is 2.22. The summed E-state index contributed by atoms with van der Waals surface area (Å²) >= 11 is 0. The average molecular weight is 334 g/mol. The summed E-state index contributed by atoms with van der Waals surface area (Å²) in [5.74, 6) is 0.552. The quantitative estimate of drug-likeness (QED) is 0.636. The smallest absolute Gasteiger partial charge is 0.191 e. The number of morpholine rings is 1. The Morgan fingerprint density at radius 2 is 2.17 bits per heavy atom. The van der Waals surface area contributed by atoms with E-state index >= 15 is 0 Å². The lowest BCUT2D eigenvalue weighted by Crippen LogP contribution is -2.51. The number of hydrogen-bond donors (Lipinski definition) is 2. The first-order chi connectivity index (χ1) is 11.7. The van der Waals surface area contributed by atoms with Gasteiger partial charge in [-0.05, 0) is 44.0 Å². The summed E-state index contributed by atoms with van der Waals surface area (Å²) in [7, 11) is 0. The number of rotatable bonds is 5. The van der Waals surface area contributed by atoms with Crippen molar-refractivity contribution in [2.75, 3.05) is 32.8 Å². The number of fused-ring (bicyclic) bond motifs is 1. The molecule has 132 valence electrons. The van der Waals surface area contributed by atoms with E-state index in [-0.39, 0.29) is 11.9 Å². The predicted octanol–water partition coefficient (Wildman–Crippen LogP) is 1.74. The van der Waals surface area contributed by atoms with E-state index in [4.69, 9.17) is 4.74 Å². The summed E-state index contributed by atoms with van der Waals surface area (Å²) in [6.45, 7) is 7.15. The third-order valence-electron chi connectivity index (χ3n) is 4.64. The van der Waals surface area contributed by atoms with Gasteiger partial charge < -0.3 is 15.4 Å². The SMILES string of the molecule is CCNC(=NCc1ccc(F)cc1)NCC1CN2CCCC2CO1. The number of aliphatic imine (C=N–C) groups is 1. The molecule has 2 atom stereocenters. The summed E-state index contributed by atoms with van der Waals surface area (Å²) in [5.41, 5.74) is 0.988. The van der Waals surface area contributed by atoms with Gasteiger partial charge in [0.15, 0.2) is 5.96 Å². The lowest BCUT2D eigenvalue weighted by molar-refractivity contribution is -0.0453. The van der Waals surface area contributed by atoms with Crippen LogP contribution in [0.25, 0.3) is 0 Å². The van der Waals surface area contributed by atoms with Crippen LogP contribution in [0.2, 0.25) is 0 Å². The van der Waals surface area contributed by atoms with Crippen molar-refractivity contribution >= 4 is 5.96 Å². The molecule has 2 fully saturated rings. The van der Waals surface area contributed by atoms with Gasteiger partial charge in [0.05, 0.1) is 19.3 Å². The molecule has 2 unspecified atom stereocenters. The minimum atomic E-state index is -0.220. The Bertz CT molecular complexity index is 548. The van der Waals surface area contributed by atoms with Crippen LogP contribution in [0.5, 0.6) is 0 Å². The Labute approximate surface area is 143 Å². The molecular weight excluding hydrogens is 307 g/mol. The van der Waals surface area contributed by atoms with Gasteiger partial charge in [0.1, 0.15) is 5.82 Å². The topological polar surface area (TPSA) is 48.9 Å². The van der Waals surface area contributed by atoms with E-state index in [1.807, 2.05) is 6.92 Å². The summed E-state index contributed by atoms with van der Waals surface area (Å²) in [5, 5.41) is 6.61. The molecule has 2 N–H and O–H groups in total. The molecule has 2 aliphatic rings. The van der Waals surface area contributed by atoms with Gasteiger partial charge in [0.2, 0.25) is 0 Å². The first-order valence-electron chi connectivity index (χ1n) is 8.87. The molecule has 0 bridgehead atoms. The van der Waals surface area contributed by atoms with Crippen molar-refractivity contribution in [3.05, 3.63) is 35.6 Å². The minimum Gasteiger partial charge on any atom is -0.373 e. The summed E-state index contributed by atoms with van der Waals surface area (Å²) in [6.07, 6.45) is 2.76. The van der Waals surface area contributed by atoms with Gasteiger partial charge in [0, 0.05) is 25.7 Å². The summed E-state index contributed by atoms with van der Waals surface area (Å²) in [4.78, 5) is 7.11. The molecule has 0 spiro atoms. The van der Waals surface area contributed by atoms with Crippen LogP contribution in [0.3, 0.4) is 0 Å². The van der Waals surface area contributed by atoms with Gasteiger partial charge in [0.25, 0.3) is 0 Å². The maximum absolute atomic E-state index is 12.9. The zero-order valence-corrected chi connectivity index (χ0v) is 14.3. The third-order valence-corrected chi connectivity index (χ3v) is 4.64. The number of nitrogens with zero attached hydrogens (tertiary/aromatic N) is 2. The molecule has 1 aromatic carbocycles. The molecule has 0 aliphatic carbocycles. The van der Waals surface area contributed by atoms with Crippen LogP contribution >= 0.6 is 0 Å². The third kappa shape index (κ3) is 4.68. The lowest BCUT2D eigenvalue weighted by Gasteiger charge is -2.35. The van der Waals surface area contributed by atoms with Crippen molar-refractivity contribution in [2.24, 2.45) is 4.99 Å². The Balaban J connectivity index is 1.49. The first-order valence-corrected chi connectivity index (χ1v) is 8.87. The molecule has 3 rings (SSSR count). The molecule has 0 aromatic heterocycles. The Morgan fingerprint density at radius 3 is 2.96 bits per heavy atom. The Hall–Kier alpha value is -1.66. The van der Waals surface area contributed by atoms with Crippen molar-refractivity contribution in [1.29, 1.82) is 0 Å². The van der Waals surface area contributed by atoms with Crippen LogP contribution < -0.4 is 10.6 Å². The molecule has 2 aliphatic heterocycles. The number of halogens is 1. The van der Waals surface area contributed by atoms with Crippen LogP contribution in [0.4, 0.5) is 4.39 Å². The van der Waals surface area contributed by atoms with Crippen molar-refractivity contribution in [3.63, 3.8) is 0 Å². The highest BCUT2D eigenvalue weighted by Gasteiger charge is 2.32. The van der Waals surface area contributed by atoms with Crippen molar-refractivity contribution < 1.29 is 9.13 Å². The highest BCUT2D eigenvalue weighted by atomic mass is 19.1. The minimum absolute atomic E-state index is 0.203. The molecule has 0 radical (unpaired) electrons. The number of benzene rings is 1. The van der Waals surface area contributed by atoms with Crippen molar-refractivity contribution in [2.45, 2.75) is 38.5 Å². The van der Waals surface area contributed by atoms with Crippen LogP contribution in [0, 0.1) is 5.82 Å². The molecule has 5 nitrogen and oxygen atoms in total. The molecular formula is C18H27FN4O. The van der Waals surface area contributed by atoms with Crippen molar-refractivity contribution in [1.82, 2.24) is 15.5 Å². The number of ether oxygens (including phenoxy) is 1. The first kappa shape index (κ1) is 17.2. The fraction of sp³-hybridized carbons (Fsp3) is 0.611. The number of hydrogen-bond acceptors (Lipinski definition) is 3. The second-order valence-electron chi connectivity index (χ2n) is 6.45. The second kappa shape index (κ2) is 8.44. The normalized spacial score (nSPS) is 24.7. The van der Waals surface area contributed by atoms with Gasteiger partial charge in [-0.15, -0.1) is 0 Å². The van der Waals surface area contributed by atoms with Crippen LogP contribution in [-0.4, -0.2) is 55.8 Å². The second-order valence-corrected chi connectivity index (χ2v) is 6.45. The van der Waals surface area contributed by atoms with Crippen LogP contribution in [0.1, 0.15) is 25.3 Å². The maximum atomic E-state index is 12.9. The monoisotopic (exact) mass is 334 g/mol. The maximum Gasteiger partial charge on any atom is 0.191 e. The van der Waals surface area contributed by atoms with Gasteiger partial charge >= 0.3 is 0 Å². The Kier molecular flexibility index (Phi) is 6.04. The largest absolute Gasteiger partial charge is 0.373 e. The van der Waals surface area contributed by atoms with E-state index in [0.717, 1.165) is 37.8 Å². The lowest BCUT2D eigenvalue weighted by atomic mass is 10.2. The molecule has 0 amide bonds. The molecule has 0 saturated carbocycles. The fourth-order valence-corrected chi connectivity index (χ4v) is 3.32.